The number of nitrogens with zero attached hydrogens (tertiary/aromatic N) is 2. The Bertz CT molecular complexity index is 418. The third kappa shape index (κ3) is 2.57. The van der Waals surface area contributed by atoms with E-state index in [9.17, 15) is 8.78 Å². The van der Waals surface area contributed by atoms with Gasteiger partial charge in [0.25, 0.3) is 5.92 Å². The summed E-state index contributed by atoms with van der Waals surface area (Å²) >= 11 is 0. The number of hydrogen-bond donors (Lipinski definition) is 0. The van der Waals surface area contributed by atoms with Crippen LogP contribution in [0.1, 0.15) is 70.8 Å². The van der Waals surface area contributed by atoms with Gasteiger partial charge in [-0.3, -0.25) is 4.68 Å². The summed E-state index contributed by atoms with van der Waals surface area (Å²) in [6.45, 7) is 6.98. The predicted molar refractivity (Wildman–Crippen MR) is 68.0 cm³/mol. The minimum Gasteiger partial charge on any atom is -0.260 e. The van der Waals surface area contributed by atoms with Gasteiger partial charge >= 0.3 is 0 Å². The average molecular weight is 256 g/mol. The average Bonchev–Trinajstić information content (AvgIpc) is 2.84. The molecule has 18 heavy (non-hydrogen) atoms. The van der Waals surface area contributed by atoms with E-state index in [0.29, 0.717) is 0 Å². The molecule has 0 radical (unpaired) electrons. The summed E-state index contributed by atoms with van der Waals surface area (Å²) in [7, 11) is 0. The summed E-state index contributed by atoms with van der Waals surface area (Å²) in [4.78, 5) is 0. The molecule has 0 aliphatic heterocycles. The molecular weight excluding hydrogens is 234 g/mol. The molecular formula is C14H22F2N2. The van der Waals surface area contributed by atoms with Crippen molar-refractivity contribution in [2.45, 2.75) is 70.8 Å². The molecule has 2 nitrogen and oxygen atoms in total. The van der Waals surface area contributed by atoms with Crippen molar-refractivity contribution in [2.75, 3.05) is 0 Å². The van der Waals surface area contributed by atoms with Gasteiger partial charge in [0.2, 0.25) is 0 Å². The third-order valence-electron chi connectivity index (χ3n) is 3.62. The van der Waals surface area contributed by atoms with E-state index in [-0.39, 0.29) is 17.2 Å². The molecule has 0 aromatic carbocycles. The molecule has 1 saturated carbocycles. The molecule has 1 fully saturated rings. The van der Waals surface area contributed by atoms with E-state index >= 15 is 0 Å². The maximum absolute atomic E-state index is 13.7. The van der Waals surface area contributed by atoms with Crippen LogP contribution in [0, 0.1) is 0 Å². The fourth-order valence-electron chi connectivity index (χ4n) is 2.52. The molecule has 1 aromatic rings. The molecule has 1 heterocycles. The van der Waals surface area contributed by atoms with Crippen molar-refractivity contribution in [2.24, 2.45) is 0 Å². The lowest BCUT2D eigenvalue weighted by molar-refractivity contribution is 0.00614. The molecule has 0 spiro atoms. The molecule has 1 aliphatic carbocycles. The number of rotatable bonds is 2. The summed E-state index contributed by atoms with van der Waals surface area (Å²) < 4.78 is 29.0. The van der Waals surface area contributed by atoms with Crippen LogP contribution in [0.15, 0.2) is 6.07 Å². The van der Waals surface area contributed by atoms with Gasteiger partial charge in [0, 0.05) is 12.3 Å². The zero-order valence-electron chi connectivity index (χ0n) is 11.6. The van der Waals surface area contributed by atoms with Crippen LogP contribution in [0.2, 0.25) is 0 Å². The van der Waals surface area contributed by atoms with Gasteiger partial charge in [0.15, 0.2) is 0 Å². The third-order valence-corrected chi connectivity index (χ3v) is 3.62. The van der Waals surface area contributed by atoms with Gasteiger partial charge in [0.1, 0.15) is 5.69 Å². The van der Waals surface area contributed by atoms with Crippen molar-refractivity contribution in [3.63, 3.8) is 0 Å². The highest BCUT2D eigenvalue weighted by molar-refractivity contribution is 5.21. The van der Waals surface area contributed by atoms with E-state index < -0.39 is 5.92 Å². The lowest BCUT2D eigenvalue weighted by Crippen LogP contribution is -2.19. The zero-order valence-corrected chi connectivity index (χ0v) is 11.6. The van der Waals surface area contributed by atoms with Crippen molar-refractivity contribution in [3.8, 4) is 0 Å². The standard InChI is InChI=1S/C14H22F2N2/c1-13(2,3)11-9-12(14(4,15)16)18(17-11)10-7-5-6-8-10/h9-10H,5-8H2,1-4H3. The lowest BCUT2D eigenvalue weighted by atomic mass is 9.92. The van der Waals surface area contributed by atoms with Gasteiger partial charge in [-0.25, -0.2) is 0 Å². The number of aromatic nitrogens is 2. The first-order chi connectivity index (χ1) is 8.19. The van der Waals surface area contributed by atoms with Crippen LogP contribution in [0.25, 0.3) is 0 Å². The van der Waals surface area contributed by atoms with E-state index in [1.165, 1.54) is 0 Å². The van der Waals surface area contributed by atoms with Crippen LogP contribution in [0.5, 0.6) is 0 Å². The van der Waals surface area contributed by atoms with E-state index in [4.69, 9.17) is 0 Å². The number of halogens is 2. The minimum absolute atomic E-state index is 0.0688. The molecule has 2 rings (SSSR count). The van der Waals surface area contributed by atoms with Gasteiger partial charge in [-0.05, 0) is 18.9 Å². The van der Waals surface area contributed by atoms with E-state index in [1.807, 2.05) is 20.8 Å². The molecule has 0 bridgehead atoms. The SMILES string of the molecule is CC(C)(C)c1cc(C(C)(F)F)n(C2CCCC2)n1. The summed E-state index contributed by atoms with van der Waals surface area (Å²) in [5, 5.41) is 4.47. The van der Waals surface area contributed by atoms with Crippen molar-refractivity contribution in [1.82, 2.24) is 9.78 Å². The molecule has 102 valence electrons. The van der Waals surface area contributed by atoms with Crippen molar-refractivity contribution in [3.05, 3.63) is 17.5 Å². The first-order valence-electron chi connectivity index (χ1n) is 6.68. The zero-order chi connectivity index (χ0) is 13.6. The van der Waals surface area contributed by atoms with Crippen LogP contribution in [0.4, 0.5) is 8.78 Å². The Morgan fingerprint density at radius 2 is 1.72 bits per heavy atom. The van der Waals surface area contributed by atoms with Gasteiger partial charge in [0.05, 0.1) is 11.7 Å². The summed E-state index contributed by atoms with van der Waals surface area (Å²) in [6.07, 6.45) is 4.16. The van der Waals surface area contributed by atoms with Gasteiger partial charge < -0.3 is 0 Å². The van der Waals surface area contributed by atoms with Crippen molar-refractivity contribution < 1.29 is 8.78 Å². The Hall–Kier alpha value is -0.930. The first kappa shape index (κ1) is 13.5. The lowest BCUT2D eigenvalue weighted by Gasteiger charge is -2.18. The van der Waals surface area contributed by atoms with Crippen LogP contribution < -0.4 is 0 Å². The first-order valence-corrected chi connectivity index (χ1v) is 6.68. The largest absolute Gasteiger partial charge is 0.286 e. The van der Waals surface area contributed by atoms with Crippen LogP contribution in [-0.2, 0) is 11.3 Å². The van der Waals surface area contributed by atoms with Gasteiger partial charge in [-0.2, -0.15) is 13.9 Å². The number of hydrogen-bond acceptors (Lipinski definition) is 1. The van der Waals surface area contributed by atoms with Crippen LogP contribution >= 0.6 is 0 Å². The predicted octanol–water partition coefficient (Wildman–Crippen LogP) is 4.41. The minimum atomic E-state index is -2.82. The Morgan fingerprint density at radius 1 is 1.17 bits per heavy atom. The van der Waals surface area contributed by atoms with E-state index in [0.717, 1.165) is 38.3 Å². The highest BCUT2D eigenvalue weighted by atomic mass is 19.3. The monoisotopic (exact) mass is 256 g/mol. The van der Waals surface area contributed by atoms with Gasteiger partial charge in [-0.15, -0.1) is 0 Å². The molecule has 1 aromatic heterocycles. The molecule has 0 unspecified atom stereocenters. The maximum Gasteiger partial charge on any atom is 0.286 e. The van der Waals surface area contributed by atoms with Crippen LogP contribution in [-0.4, -0.2) is 9.78 Å². The molecule has 0 N–H and O–H groups in total. The van der Waals surface area contributed by atoms with Gasteiger partial charge in [-0.1, -0.05) is 33.6 Å². The Kier molecular flexibility index (Phi) is 3.24. The van der Waals surface area contributed by atoms with Crippen molar-refractivity contribution in [1.29, 1.82) is 0 Å². The quantitative estimate of drug-likeness (QED) is 0.766. The molecule has 4 heteroatoms. The molecule has 0 atom stereocenters. The molecule has 0 amide bonds. The Morgan fingerprint density at radius 3 is 2.17 bits per heavy atom. The normalized spacial score (nSPS) is 18.6. The summed E-state index contributed by atoms with van der Waals surface area (Å²) in [6, 6.07) is 1.74. The van der Waals surface area contributed by atoms with Crippen LogP contribution in [0.3, 0.4) is 0 Å². The smallest absolute Gasteiger partial charge is 0.260 e. The molecule has 1 aliphatic rings. The second kappa shape index (κ2) is 4.32. The summed E-state index contributed by atoms with van der Waals surface area (Å²) in [5.74, 6) is -2.82. The topological polar surface area (TPSA) is 17.8 Å². The highest BCUT2D eigenvalue weighted by Gasteiger charge is 2.35. The Balaban J connectivity index is 2.45. The Labute approximate surface area is 107 Å². The van der Waals surface area contributed by atoms with Crippen molar-refractivity contribution >= 4 is 0 Å². The number of alkyl halides is 2. The summed E-state index contributed by atoms with van der Waals surface area (Å²) in [5.41, 5.74) is 0.634. The van der Waals surface area contributed by atoms with E-state index in [1.54, 1.807) is 10.7 Å². The fraction of sp³-hybridized carbons (Fsp3) is 0.786. The second-order valence-corrected chi connectivity index (χ2v) is 6.44. The maximum atomic E-state index is 13.7. The molecule has 0 saturated heterocycles. The fourth-order valence-corrected chi connectivity index (χ4v) is 2.52. The van der Waals surface area contributed by atoms with E-state index in [2.05, 4.69) is 5.10 Å². The second-order valence-electron chi connectivity index (χ2n) is 6.44. The highest BCUT2D eigenvalue weighted by Crippen LogP contribution is 2.37.